The van der Waals surface area contributed by atoms with E-state index in [1.807, 2.05) is 6.07 Å². The molecular formula is C14H19N3. The third-order valence-corrected chi connectivity index (χ3v) is 3.53. The van der Waals surface area contributed by atoms with Gasteiger partial charge < -0.3 is 11.1 Å². The van der Waals surface area contributed by atoms with Gasteiger partial charge in [0.05, 0.1) is 23.0 Å². The molecule has 0 amide bonds. The van der Waals surface area contributed by atoms with Crippen molar-refractivity contribution >= 4 is 11.4 Å². The number of nitrogen functional groups attached to an aromatic ring is 1. The molecule has 0 spiro atoms. The highest BCUT2D eigenvalue weighted by atomic mass is 14.9. The number of nitriles is 1. The molecule has 1 saturated carbocycles. The number of nitrogens with one attached hydrogen (secondary N) is 1. The predicted octanol–water partition coefficient (Wildman–Crippen LogP) is 3.13. The summed E-state index contributed by atoms with van der Waals surface area (Å²) in [7, 11) is 0. The van der Waals surface area contributed by atoms with Crippen LogP contribution < -0.4 is 11.1 Å². The first kappa shape index (κ1) is 11.8. The van der Waals surface area contributed by atoms with Gasteiger partial charge in [-0.1, -0.05) is 25.7 Å². The zero-order chi connectivity index (χ0) is 12.1. The SMILES string of the molecule is N#Cc1ccc(N)c(NCCC2CCCC2)c1. The van der Waals surface area contributed by atoms with Crippen molar-refractivity contribution in [1.82, 2.24) is 0 Å². The Morgan fingerprint density at radius 2 is 2.12 bits per heavy atom. The van der Waals surface area contributed by atoms with Crippen LogP contribution in [0.5, 0.6) is 0 Å². The Morgan fingerprint density at radius 1 is 1.35 bits per heavy atom. The molecule has 3 heteroatoms. The van der Waals surface area contributed by atoms with Gasteiger partial charge in [0.1, 0.15) is 0 Å². The number of hydrogen-bond donors (Lipinski definition) is 2. The fourth-order valence-corrected chi connectivity index (χ4v) is 2.49. The summed E-state index contributed by atoms with van der Waals surface area (Å²) in [5.74, 6) is 0.878. The molecule has 3 N–H and O–H groups in total. The van der Waals surface area contributed by atoms with Crippen molar-refractivity contribution < 1.29 is 0 Å². The summed E-state index contributed by atoms with van der Waals surface area (Å²) in [4.78, 5) is 0. The second-order valence-corrected chi connectivity index (χ2v) is 4.78. The molecule has 90 valence electrons. The molecule has 0 radical (unpaired) electrons. The Bertz CT molecular complexity index is 414. The number of anilines is 2. The van der Waals surface area contributed by atoms with Gasteiger partial charge in [0, 0.05) is 6.54 Å². The summed E-state index contributed by atoms with van der Waals surface area (Å²) >= 11 is 0. The highest BCUT2D eigenvalue weighted by Crippen LogP contribution is 2.28. The van der Waals surface area contributed by atoms with Crippen LogP contribution in [0.15, 0.2) is 18.2 Å². The maximum Gasteiger partial charge on any atom is 0.0992 e. The molecule has 0 aromatic heterocycles. The number of nitrogens with two attached hydrogens (primary N) is 1. The molecule has 1 aliphatic rings. The van der Waals surface area contributed by atoms with Crippen molar-refractivity contribution in [2.24, 2.45) is 5.92 Å². The van der Waals surface area contributed by atoms with E-state index in [9.17, 15) is 0 Å². The van der Waals surface area contributed by atoms with Gasteiger partial charge in [0.15, 0.2) is 0 Å². The monoisotopic (exact) mass is 229 g/mol. The van der Waals surface area contributed by atoms with E-state index in [1.54, 1.807) is 12.1 Å². The molecule has 0 heterocycles. The summed E-state index contributed by atoms with van der Waals surface area (Å²) in [6, 6.07) is 7.49. The summed E-state index contributed by atoms with van der Waals surface area (Å²) in [6.07, 6.45) is 6.72. The van der Waals surface area contributed by atoms with Crippen molar-refractivity contribution in [3.05, 3.63) is 23.8 Å². The van der Waals surface area contributed by atoms with E-state index in [-0.39, 0.29) is 0 Å². The van der Waals surface area contributed by atoms with Crippen LogP contribution in [0.1, 0.15) is 37.7 Å². The minimum absolute atomic E-state index is 0.655. The van der Waals surface area contributed by atoms with Crippen molar-refractivity contribution in [3.63, 3.8) is 0 Å². The van der Waals surface area contributed by atoms with E-state index in [0.29, 0.717) is 5.56 Å². The lowest BCUT2D eigenvalue weighted by Gasteiger charge is -2.12. The Kier molecular flexibility index (Phi) is 3.87. The average Bonchev–Trinajstić information content (AvgIpc) is 2.84. The summed E-state index contributed by atoms with van der Waals surface area (Å²) in [6.45, 7) is 0.948. The van der Waals surface area contributed by atoms with Gasteiger partial charge in [-0.3, -0.25) is 0 Å². The van der Waals surface area contributed by atoms with Crippen molar-refractivity contribution in [2.75, 3.05) is 17.6 Å². The molecule has 1 fully saturated rings. The Balaban J connectivity index is 1.87. The molecule has 0 bridgehead atoms. The molecule has 0 aliphatic heterocycles. The maximum atomic E-state index is 8.83. The van der Waals surface area contributed by atoms with Crippen LogP contribution >= 0.6 is 0 Å². The van der Waals surface area contributed by atoms with Crippen LogP contribution in [0.25, 0.3) is 0 Å². The van der Waals surface area contributed by atoms with Crippen molar-refractivity contribution in [3.8, 4) is 6.07 Å². The first-order valence-electron chi connectivity index (χ1n) is 6.33. The molecule has 0 atom stereocenters. The average molecular weight is 229 g/mol. The lowest BCUT2D eigenvalue weighted by atomic mass is 10.0. The minimum atomic E-state index is 0.655. The first-order valence-corrected chi connectivity index (χ1v) is 6.33. The largest absolute Gasteiger partial charge is 0.397 e. The molecule has 2 rings (SSSR count). The smallest absolute Gasteiger partial charge is 0.0992 e. The van der Waals surface area contributed by atoms with Crippen LogP contribution in [0.2, 0.25) is 0 Å². The van der Waals surface area contributed by atoms with Gasteiger partial charge in [-0.2, -0.15) is 5.26 Å². The van der Waals surface area contributed by atoms with Gasteiger partial charge in [0.25, 0.3) is 0 Å². The lowest BCUT2D eigenvalue weighted by Crippen LogP contribution is -2.08. The second-order valence-electron chi connectivity index (χ2n) is 4.78. The van der Waals surface area contributed by atoms with Crippen molar-refractivity contribution in [2.45, 2.75) is 32.1 Å². The van der Waals surface area contributed by atoms with E-state index in [0.717, 1.165) is 23.8 Å². The topological polar surface area (TPSA) is 61.8 Å². The van der Waals surface area contributed by atoms with Gasteiger partial charge in [0.2, 0.25) is 0 Å². The normalized spacial score (nSPS) is 15.7. The van der Waals surface area contributed by atoms with Gasteiger partial charge in [-0.15, -0.1) is 0 Å². The zero-order valence-corrected chi connectivity index (χ0v) is 10.1. The minimum Gasteiger partial charge on any atom is -0.397 e. The molecule has 3 nitrogen and oxygen atoms in total. The highest BCUT2D eigenvalue weighted by Gasteiger charge is 2.14. The van der Waals surface area contributed by atoms with Crippen LogP contribution in [-0.2, 0) is 0 Å². The van der Waals surface area contributed by atoms with E-state index in [4.69, 9.17) is 11.0 Å². The fourth-order valence-electron chi connectivity index (χ4n) is 2.49. The third kappa shape index (κ3) is 3.13. The zero-order valence-electron chi connectivity index (χ0n) is 10.1. The number of nitrogens with zero attached hydrogens (tertiary/aromatic N) is 1. The Morgan fingerprint density at radius 3 is 2.82 bits per heavy atom. The van der Waals surface area contributed by atoms with Crippen molar-refractivity contribution in [1.29, 1.82) is 5.26 Å². The standard InChI is InChI=1S/C14H19N3/c15-10-12-5-6-13(16)14(9-12)17-8-7-11-3-1-2-4-11/h5-6,9,11,17H,1-4,7-8,16H2. The molecule has 17 heavy (non-hydrogen) atoms. The van der Waals surface area contributed by atoms with Crippen LogP contribution in [0.4, 0.5) is 11.4 Å². The fraction of sp³-hybridized carbons (Fsp3) is 0.500. The molecule has 0 saturated heterocycles. The summed E-state index contributed by atoms with van der Waals surface area (Å²) in [5, 5.41) is 12.2. The van der Waals surface area contributed by atoms with E-state index >= 15 is 0 Å². The predicted molar refractivity (Wildman–Crippen MR) is 70.6 cm³/mol. The number of hydrogen-bond acceptors (Lipinski definition) is 3. The molecule has 0 unspecified atom stereocenters. The van der Waals surface area contributed by atoms with E-state index < -0.39 is 0 Å². The summed E-state index contributed by atoms with van der Waals surface area (Å²) in [5.41, 5.74) is 8.13. The van der Waals surface area contributed by atoms with Gasteiger partial charge in [-0.05, 0) is 30.5 Å². The highest BCUT2D eigenvalue weighted by molar-refractivity contribution is 5.68. The van der Waals surface area contributed by atoms with E-state index in [1.165, 1.54) is 32.1 Å². The van der Waals surface area contributed by atoms with Gasteiger partial charge in [-0.25, -0.2) is 0 Å². The first-order chi connectivity index (χ1) is 8.29. The second kappa shape index (κ2) is 5.58. The molecule has 1 aromatic rings. The van der Waals surface area contributed by atoms with Crippen LogP contribution in [0.3, 0.4) is 0 Å². The quantitative estimate of drug-likeness (QED) is 0.780. The Labute approximate surface area is 103 Å². The number of rotatable bonds is 4. The Hall–Kier alpha value is -1.69. The van der Waals surface area contributed by atoms with Crippen LogP contribution in [-0.4, -0.2) is 6.54 Å². The third-order valence-electron chi connectivity index (χ3n) is 3.53. The molecule has 1 aromatic carbocycles. The summed E-state index contributed by atoms with van der Waals surface area (Å²) < 4.78 is 0. The molecule has 1 aliphatic carbocycles. The van der Waals surface area contributed by atoms with Gasteiger partial charge >= 0.3 is 0 Å². The van der Waals surface area contributed by atoms with E-state index in [2.05, 4.69) is 11.4 Å². The maximum absolute atomic E-state index is 8.83. The number of benzene rings is 1. The lowest BCUT2D eigenvalue weighted by molar-refractivity contribution is 0.519. The van der Waals surface area contributed by atoms with Crippen LogP contribution in [0, 0.1) is 17.2 Å². The molecular weight excluding hydrogens is 210 g/mol.